The predicted molar refractivity (Wildman–Crippen MR) is 85.7 cm³/mol. The Kier molecular flexibility index (Phi) is 5.90. The van der Waals surface area contributed by atoms with Crippen molar-refractivity contribution < 1.29 is 5.11 Å². The van der Waals surface area contributed by atoms with Gasteiger partial charge in [0.2, 0.25) is 0 Å². The van der Waals surface area contributed by atoms with Crippen LogP contribution < -0.4 is 5.73 Å². The third-order valence-electron chi connectivity index (χ3n) is 3.42. The van der Waals surface area contributed by atoms with Crippen LogP contribution in [-0.2, 0) is 5.41 Å². The van der Waals surface area contributed by atoms with Crippen LogP contribution in [-0.4, -0.2) is 22.2 Å². The Bertz CT molecular complexity index is 381. The minimum absolute atomic E-state index is 0.0280. The summed E-state index contributed by atoms with van der Waals surface area (Å²) in [5.74, 6) is 0.834. The number of rotatable bonds is 5. The second kappa shape index (κ2) is 6.78. The minimum Gasteiger partial charge on any atom is -0.392 e. The third-order valence-corrected chi connectivity index (χ3v) is 4.89. The van der Waals surface area contributed by atoms with E-state index in [4.69, 9.17) is 5.73 Å². The van der Waals surface area contributed by atoms with Gasteiger partial charge in [-0.2, -0.15) is 11.8 Å². The number of aliphatic hydroxyl groups excluding tert-OH is 1. The lowest BCUT2D eigenvalue weighted by atomic mass is 9.86. The van der Waals surface area contributed by atoms with Crippen LogP contribution in [0.3, 0.4) is 0 Å². The summed E-state index contributed by atoms with van der Waals surface area (Å²) in [7, 11) is 0. The largest absolute Gasteiger partial charge is 0.392 e. The van der Waals surface area contributed by atoms with Gasteiger partial charge in [-0.05, 0) is 23.5 Å². The molecule has 108 valence electrons. The molecular formula is C16H27NOS. The number of nitrogens with two attached hydrogens (primary N) is 1. The van der Waals surface area contributed by atoms with Crippen molar-refractivity contribution in [3.05, 3.63) is 35.4 Å². The van der Waals surface area contributed by atoms with E-state index >= 15 is 0 Å². The summed E-state index contributed by atoms with van der Waals surface area (Å²) < 4.78 is 0. The quantitative estimate of drug-likeness (QED) is 0.868. The smallest absolute Gasteiger partial charge is 0.0628 e. The first-order chi connectivity index (χ1) is 8.71. The normalized spacial score (nSPS) is 17.0. The van der Waals surface area contributed by atoms with Gasteiger partial charge in [-0.1, -0.05) is 52.0 Å². The SMILES string of the molecule is CC(O)C(C)SCC(N)c1ccc(C(C)(C)C)cc1. The van der Waals surface area contributed by atoms with E-state index in [1.54, 1.807) is 11.8 Å². The highest BCUT2D eigenvalue weighted by molar-refractivity contribution is 7.99. The van der Waals surface area contributed by atoms with Crippen LogP contribution in [0.2, 0.25) is 0 Å². The van der Waals surface area contributed by atoms with E-state index in [0.717, 1.165) is 5.75 Å². The zero-order chi connectivity index (χ0) is 14.6. The fourth-order valence-corrected chi connectivity index (χ4v) is 2.70. The average Bonchev–Trinajstić information content (AvgIpc) is 2.34. The maximum absolute atomic E-state index is 9.47. The standard InChI is InChI=1S/C16H27NOS/c1-11(18)12(2)19-10-15(17)13-6-8-14(9-7-13)16(3,4)5/h6-9,11-12,15,18H,10,17H2,1-5H3. The zero-order valence-corrected chi connectivity index (χ0v) is 13.5. The predicted octanol–water partition coefficient (Wildman–Crippen LogP) is 3.49. The topological polar surface area (TPSA) is 46.2 Å². The maximum Gasteiger partial charge on any atom is 0.0628 e. The molecule has 0 aliphatic carbocycles. The van der Waals surface area contributed by atoms with E-state index < -0.39 is 0 Å². The van der Waals surface area contributed by atoms with Gasteiger partial charge in [0.05, 0.1) is 6.10 Å². The van der Waals surface area contributed by atoms with Crippen molar-refractivity contribution in [2.75, 3.05) is 5.75 Å². The molecule has 3 heteroatoms. The highest BCUT2D eigenvalue weighted by atomic mass is 32.2. The summed E-state index contributed by atoms with van der Waals surface area (Å²) >= 11 is 1.72. The van der Waals surface area contributed by atoms with Crippen molar-refractivity contribution >= 4 is 11.8 Å². The molecule has 0 fully saturated rings. The van der Waals surface area contributed by atoms with E-state index in [0.29, 0.717) is 0 Å². The monoisotopic (exact) mass is 281 g/mol. The number of hydrogen-bond acceptors (Lipinski definition) is 3. The first kappa shape index (κ1) is 16.5. The van der Waals surface area contributed by atoms with Crippen molar-refractivity contribution in [3.63, 3.8) is 0 Å². The summed E-state index contributed by atoms with van der Waals surface area (Å²) in [6.07, 6.45) is -0.291. The summed E-state index contributed by atoms with van der Waals surface area (Å²) in [4.78, 5) is 0. The fraction of sp³-hybridized carbons (Fsp3) is 0.625. The number of benzene rings is 1. The van der Waals surface area contributed by atoms with Gasteiger partial charge in [-0.3, -0.25) is 0 Å². The van der Waals surface area contributed by atoms with E-state index in [1.807, 2.05) is 13.8 Å². The molecule has 1 aromatic carbocycles. The Morgan fingerprint density at radius 2 is 1.68 bits per heavy atom. The van der Waals surface area contributed by atoms with Gasteiger partial charge in [0, 0.05) is 17.0 Å². The van der Waals surface area contributed by atoms with Crippen LogP contribution in [0.4, 0.5) is 0 Å². The Labute approximate surface area is 121 Å². The van der Waals surface area contributed by atoms with Crippen LogP contribution in [0.25, 0.3) is 0 Å². The summed E-state index contributed by atoms with van der Waals surface area (Å²) in [5.41, 5.74) is 8.87. The first-order valence-corrected chi connectivity index (χ1v) is 7.92. The lowest BCUT2D eigenvalue weighted by Gasteiger charge is -2.21. The van der Waals surface area contributed by atoms with Gasteiger partial charge in [0.1, 0.15) is 0 Å². The lowest BCUT2D eigenvalue weighted by molar-refractivity contribution is 0.196. The molecule has 0 aromatic heterocycles. The zero-order valence-electron chi connectivity index (χ0n) is 12.7. The number of aliphatic hydroxyl groups is 1. The molecule has 0 radical (unpaired) electrons. The third kappa shape index (κ3) is 5.17. The first-order valence-electron chi connectivity index (χ1n) is 6.87. The lowest BCUT2D eigenvalue weighted by Crippen LogP contribution is -2.20. The molecule has 0 bridgehead atoms. The van der Waals surface area contributed by atoms with Crippen LogP contribution >= 0.6 is 11.8 Å². The minimum atomic E-state index is -0.291. The molecule has 0 saturated carbocycles. The van der Waals surface area contributed by atoms with Crippen LogP contribution in [0, 0.1) is 0 Å². The van der Waals surface area contributed by atoms with Gasteiger partial charge in [-0.25, -0.2) is 0 Å². The average molecular weight is 281 g/mol. The number of thioether (sulfide) groups is 1. The molecule has 0 aliphatic rings. The van der Waals surface area contributed by atoms with Crippen LogP contribution in [0.5, 0.6) is 0 Å². The second-order valence-corrected chi connectivity index (χ2v) is 7.67. The van der Waals surface area contributed by atoms with E-state index in [2.05, 4.69) is 45.0 Å². The summed E-state index contributed by atoms with van der Waals surface area (Å²) in [5, 5.41) is 9.69. The Morgan fingerprint density at radius 3 is 2.11 bits per heavy atom. The van der Waals surface area contributed by atoms with E-state index in [1.165, 1.54) is 11.1 Å². The number of hydrogen-bond donors (Lipinski definition) is 2. The molecule has 2 nitrogen and oxygen atoms in total. The van der Waals surface area contributed by atoms with Gasteiger partial charge in [0.25, 0.3) is 0 Å². The molecule has 0 aliphatic heterocycles. The maximum atomic E-state index is 9.47. The molecule has 3 unspecified atom stereocenters. The molecule has 1 rings (SSSR count). The molecular weight excluding hydrogens is 254 g/mol. The van der Waals surface area contributed by atoms with E-state index in [-0.39, 0.29) is 22.8 Å². The molecule has 19 heavy (non-hydrogen) atoms. The Balaban J connectivity index is 2.61. The molecule has 0 saturated heterocycles. The highest BCUT2D eigenvalue weighted by Crippen LogP contribution is 2.25. The molecule has 0 heterocycles. The van der Waals surface area contributed by atoms with Gasteiger partial charge in [0.15, 0.2) is 0 Å². The van der Waals surface area contributed by atoms with Crippen molar-refractivity contribution in [2.24, 2.45) is 5.73 Å². The molecule has 0 amide bonds. The van der Waals surface area contributed by atoms with Crippen molar-refractivity contribution in [1.29, 1.82) is 0 Å². The van der Waals surface area contributed by atoms with Crippen molar-refractivity contribution in [3.8, 4) is 0 Å². The summed E-state index contributed by atoms with van der Waals surface area (Å²) in [6, 6.07) is 8.60. The molecule has 3 N–H and O–H groups in total. The van der Waals surface area contributed by atoms with Gasteiger partial charge < -0.3 is 10.8 Å². The molecule has 3 atom stereocenters. The Morgan fingerprint density at radius 1 is 1.16 bits per heavy atom. The van der Waals surface area contributed by atoms with Gasteiger partial charge >= 0.3 is 0 Å². The van der Waals surface area contributed by atoms with Crippen molar-refractivity contribution in [1.82, 2.24) is 0 Å². The van der Waals surface area contributed by atoms with E-state index in [9.17, 15) is 5.11 Å². The van der Waals surface area contributed by atoms with Gasteiger partial charge in [-0.15, -0.1) is 0 Å². The Hall–Kier alpha value is -0.510. The summed E-state index contributed by atoms with van der Waals surface area (Å²) in [6.45, 7) is 10.5. The van der Waals surface area contributed by atoms with Crippen LogP contribution in [0.15, 0.2) is 24.3 Å². The van der Waals surface area contributed by atoms with Crippen LogP contribution in [0.1, 0.15) is 51.8 Å². The second-order valence-electron chi connectivity index (χ2n) is 6.26. The highest BCUT2D eigenvalue weighted by Gasteiger charge is 2.15. The fourth-order valence-electron chi connectivity index (χ4n) is 1.72. The molecule has 1 aromatic rings. The molecule has 0 spiro atoms. The van der Waals surface area contributed by atoms with Crippen molar-refractivity contribution in [2.45, 2.75) is 57.4 Å².